The van der Waals surface area contributed by atoms with Crippen LogP contribution in [0.1, 0.15) is 60.8 Å². The van der Waals surface area contributed by atoms with Gasteiger partial charge >= 0.3 is 0 Å². The monoisotopic (exact) mass is 284 g/mol. The van der Waals surface area contributed by atoms with Crippen LogP contribution in [0.25, 0.3) is 0 Å². The predicted molar refractivity (Wildman–Crippen MR) is 87.3 cm³/mol. The van der Waals surface area contributed by atoms with Crippen LogP contribution in [0.2, 0.25) is 0 Å². The van der Waals surface area contributed by atoms with Crippen molar-refractivity contribution >= 4 is 0 Å². The second-order valence-corrected chi connectivity index (χ2v) is 8.02. The van der Waals surface area contributed by atoms with E-state index in [-0.39, 0.29) is 5.60 Å². The zero-order valence-corrected chi connectivity index (χ0v) is 14.7. The van der Waals surface area contributed by atoms with Gasteiger partial charge in [0.1, 0.15) is 0 Å². The second kappa shape index (κ2) is 7.77. The summed E-state index contributed by atoms with van der Waals surface area (Å²) in [7, 11) is 0. The topological polar surface area (TPSA) is 15.7 Å². The highest BCUT2D eigenvalue weighted by atomic mass is 16.5. The molecule has 0 spiro atoms. The molecule has 1 rings (SSSR count). The lowest BCUT2D eigenvalue weighted by molar-refractivity contribution is -0.00512. The molecule has 0 unspecified atom stereocenters. The second-order valence-electron chi connectivity index (χ2n) is 8.02. The fourth-order valence-corrected chi connectivity index (χ4v) is 2.63. The van der Waals surface area contributed by atoms with E-state index in [9.17, 15) is 0 Å². The highest BCUT2D eigenvalue weighted by Gasteiger charge is 2.25. The molecule has 0 aliphatic carbocycles. The summed E-state index contributed by atoms with van der Waals surface area (Å²) in [6.07, 6.45) is 3.79. The van der Waals surface area contributed by atoms with Gasteiger partial charge in [0.25, 0.3) is 0 Å². The van der Waals surface area contributed by atoms with E-state index in [1.807, 2.05) is 0 Å². The van der Waals surface area contributed by atoms with Crippen LogP contribution in [0, 0.1) is 0 Å². The summed E-state index contributed by atoms with van der Waals surface area (Å²) in [5, 5.41) is 0. The van der Waals surface area contributed by atoms with Crippen LogP contribution >= 0.6 is 0 Å². The van der Waals surface area contributed by atoms with E-state index >= 15 is 0 Å². The summed E-state index contributed by atoms with van der Waals surface area (Å²) in [6, 6.07) is 0. The van der Waals surface area contributed by atoms with Crippen LogP contribution in [0.3, 0.4) is 0 Å². The molecule has 0 N–H and O–H groups in total. The molecule has 1 heterocycles. The molecule has 0 saturated carbocycles. The van der Waals surface area contributed by atoms with Gasteiger partial charge in [-0.25, -0.2) is 0 Å². The van der Waals surface area contributed by atoms with E-state index in [0.717, 1.165) is 6.61 Å². The van der Waals surface area contributed by atoms with E-state index in [4.69, 9.17) is 4.74 Å². The highest BCUT2D eigenvalue weighted by Crippen LogP contribution is 2.16. The molecule has 1 fully saturated rings. The molecule has 1 saturated heterocycles. The Kier molecular flexibility index (Phi) is 6.96. The first-order valence-electron chi connectivity index (χ1n) is 8.30. The molecular formula is C17H36N2O. The molecule has 0 aromatic rings. The Morgan fingerprint density at radius 2 is 1.40 bits per heavy atom. The van der Waals surface area contributed by atoms with E-state index < -0.39 is 0 Å². The molecule has 0 radical (unpaired) electrons. The van der Waals surface area contributed by atoms with Crippen LogP contribution in [0.4, 0.5) is 0 Å². The standard InChI is InChI=1S/C17H36N2O/c1-16(2,3)19-13-11-18(12-14-19)10-8-7-9-15-20-17(4,5)6/h7-15H2,1-6H3. The van der Waals surface area contributed by atoms with Gasteiger partial charge in [0.2, 0.25) is 0 Å². The Bertz CT molecular complexity index is 257. The molecule has 0 amide bonds. The summed E-state index contributed by atoms with van der Waals surface area (Å²) < 4.78 is 5.75. The van der Waals surface area contributed by atoms with Crippen molar-refractivity contribution < 1.29 is 4.74 Å². The quantitative estimate of drug-likeness (QED) is 0.695. The molecule has 1 aliphatic rings. The van der Waals surface area contributed by atoms with E-state index in [1.54, 1.807) is 0 Å². The smallest absolute Gasteiger partial charge is 0.0598 e. The first-order chi connectivity index (χ1) is 9.18. The van der Waals surface area contributed by atoms with Crippen molar-refractivity contribution in [2.24, 2.45) is 0 Å². The maximum atomic E-state index is 5.75. The number of hydrogen-bond donors (Lipinski definition) is 0. The summed E-state index contributed by atoms with van der Waals surface area (Å²) in [6.45, 7) is 20.4. The molecule has 0 bridgehead atoms. The van der Waals surface area contributed by atoms with E-state index in [1.165, 1.54) is 52.0 Å². The summed E-state index contributed by atoms with van der Waals surface area (Å²) in [4.78, 5) is 5.22. The highest BCUT2D eigenvalue weighted by molar-refractivity contribution is 4.81. The fraction of sp³-hybridized carbons (Fsp3) is 1.00. The zero-order chi connectivity index (χ0) is 15.2. The molecule has 1 aliphatic heterocycles. The van der Waals surface area contributed by atoms with Crippen molar-refractivity contribution in [3.8, 4) is 0 Å². The maximum Gasteiger partial charge on any atom is 0.0598 e. The number of piperazine rings is 1. The van der Waals surface area contributed by atoms with Crippen LogP contribution in [-0.4, -0.2) is 60.3 Å². The summed E-state index contributed by atoms with van der Waals surface area (Å²) >= 11 is 0. The van der Waals surface area contributed by atoms with Crippen LogP contribution in [0.15, 0.2) is 0 Å². The summed E-state index contributed by atoms with van der Waals surface area (Å²) in [5.41, 5.74) is 0.347. The number of rotatable bonds is 6. The molecule has 0 aromatic carbocycles. The number of hydrogen-bond acceptors (Lipinski definition) is 3. The molecule has 0 atom stereocenters. The molecule has 3 nitrogen and oxygen atoms in total. The lowest BCUT2D eigenvalue weighted by Gasteiger charge is -2.42. The Morgan fingerprint density at radius 3 is 1.90 bits per heavy atom. The SMILES string of the molecule is CC(C)(C)OCCCCCN1CCN(C(C)(C)C)CC1. The molecule has 20 heavy (non-hydrogen) atoms. The van der Waals surface area contributed by atoms with Crippen molar-refractivity contribution in [1.29, 1.82) is 0 Å². The van der Waals surface area contributed by atoms with Gasteiger partial charge in [-0.2, -0.15) is 0 Å². The van der Waals surface area contributed by atoms with Crippen molar-refractivity contribution in [2.75, 3.05) is 39.3 Å². The normalized spacial score (nSPS) is 19.5. The molecule has 3 heteroatoms. The lowest BCUT2D eigenvalue weighted by atomic mass is 10.0. The van der Waals surface area contributed by atoms with Crippen molar-refractivity contribution in [1.82, 2.24) is 9.80 Å². The van der Waals surface area contributed by atoms with Gasteiger partial charge in [0.05, 0.1) is 5.60 Å². The number of ether oxygens (including phenoxy) is 1. The van der Waals surface area contributed by atoms with Gasteiger partial charge in [-0.15, -0.1) is 0 Å². The first-order valence-corrected chi connectivity index (χ1v) is 8.30. The van der Waals surface area contributed by atoms with Gasteiger partial charge in [0.15, 0.2) is 0 Å². The maximum absolute atomic E-state index is 5.75. The Labute approximate surface area is 126 Å². The molecule has 120 valence electrons. The van der Waals surface area contributed by atoms with Gasteiger partial charge < -0.3 is 9.64 Å². The predicted octanol–water partition coefficient (Wildman–Crippen LogP) is 3.39. The van der Waals surface area contributed by atoms with Gasteiger partial charge in [-0.1, -0.05) is 0 Å². The van der Waals surface area contributed by atoms with E-state index in [0.29, 0.717) is 5.54 Å². The van der Waals surface area contributed by atoms with Crippen molar-refractivity contribution in [2.45, 2.75) is 71.9 Å². The third-order valence-electron chi connectivity index (χ3n) is 3.97. The van der Waals surface area contributed by atoms with Gasteiger partial charge in [-0.3, -0.25) is 4.90 Å². The van der Waals surface area contributed by atoms with Gasteiger partial charge in [-0.05, 0) is 67.3 Å². The molecular weight excluding hydrogens is 248 g/mol. The largest absolute Gasteiger partial charge is 0.376 e. The minimum atomic E-state index is 0.0171. The lowest BCUT2D eigenvalue weighted by Crippen LogP contribution is -2.53. The van der Waals surface area contributed by atoms with Gasteiger partial charge in [0, 0.05) is 38.3 Å². The average molecular weight is 284 g/mol. The van der Waals surface area contributed by atoms with E-state index in [2.05, 4.69) is 51.3 Å². The Balaban J connectivity index is 2.02. The third-order valence-corrected chi connectivity index (χ3v) is 3.97. The minimum absolute atomic E-state index is 0.0171. The Hall–Kier alpha value is -0.120. The first kappa shape index (κ1) is 17.9. The van der Waals surface area contributed by atoms with Crippen LogP contribution in [-0.2, 0) is 4.74 Å². The number of unbranched alkanes of at least 4 members (excludes halogenated alkanes) is 2. The van der Waals surface area contributed by atoms with Crippen LogP contribution in [0.5, 0.6) is 0 Å². The molecule has 0 aromatic heterocycles. The van der Waals surface area contributed by atoms with Crippen LogP contribution < -0.4 is 0 Å². The van der Waals surface area contributed by atoms with Crippen molar-refractivity contribution in [3.63, 3.8) is 0 Å². The third kappa shape index (κ3) is 7.61. The Morgan fingerprint density at radius 1 is 0.800 bits per heavy atom. The fourth-order valence-electron chi connectivity index (χ4n) is 2.63. The van der Waals surface area contributed by atoms with Crippen molar-refractivity contribution in [3.05, 3.63) is 0 Å². The minimum Gasteiger partial charge on any atom is -0.376 e. The zero-order valence-electron chi connectivity index (χ0n) is 14.7. The number of nitrogens with zero attached hydrogens (tertiary/aromatic N) is 2. The summed E-state index contributed by atoms with van der Waals surface area (Å²) in [5.74, 6) is 0. The average Bonchev–Trinajstić information content (AvgIpc) is 2.32.